The summed E-state index contributed by atoms with van der Waals surface area (Å²) in [5.74, 6) is -5.82. The molecule has 1 aromatic heterocycles. The quantitative estimate of drug-likeness (QED) is 0.287. The van der Waals surface area contributed by atoms with Crippen LogP contribution in [-0.2, 0) is 39.2 Å². The number of aromatic nitrogens is 3. The van der Waals surface area contributed by atoms with Crippen molar-refractivity contribution in [2.45, 2.75) is 76.9 Å². The molecule has 6 rings (SSSR count). The Kier molecular flexibility index (Phi) is 8.25. The number of fused-ring (bicyclic) bond motifs is 1. The van der Waals surface area contributed by atoms with E-state index in [1.54, 1.807) is 17.0 Å². The van der Waals surface area contributed by atoms with Crippen molar-refractivity contribution in [2.24, 2.45) is 23.8 Å². The topological polar surface area (TPSA) is 107 Å². The molecule has 0 radical (unpaired) electrons. The van der Waals surface area contributed by atoms with Crippen molar-refractivity contribution in [1.29, 1.82) is 0 Å². The Morgan fingerprint density at radius 1 is 1.17 bits per heavy atom. The van der Waals surface area contributed by atoms with Gasteiger partial charge >= 0.3 is 5.97 Å². The molecule has 2 saturated carbocycles. The van der Waals surface area contributed by atoms with Gasteiger partial charge in [0.2, 0.25) is 17.7 Å². The van der Waals surface area contributed by atoms with Crippen molar-refractivity contribution < 1.29 is 41.4 Å². The third-order valence-electron chi connectivity index (χ3n) is 10.4. The maximum atomic E-state index is 14.9. The first-order valence-corrected chi connectivity index (χ1v) is 15.7. The summed E-state index contributed by atoms with van der Waals surface area (Å²) in [6.45, 7) is 1.74. The lowest BCUT2D eigenvalue weighted by Crippen LogP contribution is -2.55. The number of halogens is 5. The smallest absolute Gasteiger partial charge is 0.312 e. The highest BCUT2D eigenvalue weighted by atomic mass is 35.5. The molecule has 1 spiro atoms. The molecule has 2 aromatic rings. The van der Waals surface area contributed by atoms with Crippen LogP contribution in [0.1, 0.15) is 80.4 Å². The minimum Gasteiger partial charge on any atom is -0.487 e. The molecule has 2 aliphatic carbocycles. The average molecular weight is 670 g/mol. The molecule has 1 saturated heterocycles. The number of methoxy groups -OCH3 is 1. The minimum absolute atomic E-state index is 0.0432. The Labute approximate surface area is 268 Å². The number of rotatable bonds is 8. The second-order valence-electron chi connectivity index (χ2n) is 13.3. The number of carbonyl (C=O) groups is 3. The van der Waals surface area contributed by atoms with E-state index in [1.807, 2.05) is 0 Å². The van der Waals surface area contributed by atoms with E-state index in [1.165, 1.54) is 18.9 Å². The number of alkyl halides is 4. The summed E-state index contributed by atoms with van der Waals surface area (Å²) in [7, 11) is 2.51. The first kappa shape index (κ1) is 32.5. The molecule has 10 nitrogen and oxygen atoms in total. The van der Waals surface area contributed by atoms with Gasteiger partial charge < -0.3 is 19.3 Å². The maximum Gasteiger partial charge on any atom is 0.312 e. The molecule has 0 unspecified atom stereocenters. The molecule has 2 aliphatic heterocycles. The molecule has 2 amide bonds. The summed E-state index contributed by atoms with van der Waals surface area (Å²) in [4.78, 5) is 43.8. The lowest BCUT2D eigenvalue weighted by atomic mass is 9.65. The number of likely N-dealkylation sites (tertiary alicyclic amines) is 1. The molecule has 4 aliphatic rings. The van der Waals surface area contributed by atoms with E-state index >= 15 is 0 Å². The molecule has 250 valence electrons. The van der Waals surface area contributed by atoms with E-state index in [0.717, 1.165) is 24.6 Å². The zero-order valence-electron chi connectivity index (χ0n) is 25.8. The van der Waals surface area contributed by atoms with Crippen molar-refractivity contribution in [2.75, 3.05) is 26.7 Å². The Balaban J connectivity index is 1.40. The van der Waals surface area contributed by atoms with Gasteiger partial charge in [0.25, 0.3) is 6.43 Å². The number of ether oxygens (including phenoxy) is 2. The van der Waals surface area contributed by atoms with Gasteiger partial charge in [-0.25, -0.2) is 22.2 Å². The first-order valence-electron chi connectivity index (χ1n) is 15.3. The van der Waals surface area contributed by atoms with Crippen LogP contribution in [0, 0.1) is 16.7 Å². The van der Waals surface area contributed by atoms with Crippen molar-refractivity contribution in [3.8, 4) is 5.75 Å². The van der Waals surface area contributed by atoms with Gasteiger partial charge in [0.05, 0.1) is 24.5 Å². The highest BCUT2D eigenvalue weighted by molar-refractivity contribution is 6.31. The van der Waals surface area contributed by atoms with E-state index in [9.17, 15) is 31.9 Å². The van der Waals surface area contributed by atoms with Crippen LogP contribution in [0.25, 0.3) is 0 Å². The number of carbonyl (C=O) groups excluding carboxylic acids is 3. The van der Waals surface area contributed by atoms with E-state index < -0.39 is 60.1 Å². The van der Waals surface area contributed by atoms with Crippen LogP contribution in [-0.4, -0.2) is 75.2 Å². The number of aryl methyl sites for hydroxylation is 1. The largest absolute Gasteiger partial charge is 0.487 e. The molecule has 3 atom stereocenters. The Morgan fingerprint density at radius 2 is 1.91 bits per heavy atom. The molecule has 15 heteroatoms. The maximum absolute atomic E-state index is 14.9. The Bertz CT molecular complexity index is 1570. The zero-order chi connectivity index (χ0) is 33.2. The monoisotopic (exact) mass is 669 g/mol. The lowest BCUT2D eigenvalue weighted by Gasteiger charge is -2.46. The average Bonchev–Trinajstić information content (AvgIpc) is 3.54. The number of hydrogen-bond donors (Lipinski definition) is 0. The molecule has 46 heavy (non-hydrogen) atoms. The fraction of sp³-hybridized carbons (Fsp3) is 0.645. The molecular weight excluding hydrogens is 634 g/mol. The minimum atomic E-state index is -3.17. The second kappa shape index (κ2) is 11.7. The summed E-state index contributed by atoms with van der Waals surface area (Å²) in [5.41, 5.74) is -0.978. The molecule has 1 aromatic carbocycles. The normalized spacial score (nSPS) is 26.4. The summed E-state index contributed by atoms with van der Waals surface area (Å²) >= 11 is 6.66. The van der Waals surface area contributed by atoms with Crippen LogP contribution in [0.15, 0.2) is 12.1 Å². The predicted molar refractivity (Wildman–Crippen MR) is 155 cm³/mol. The van der Waals surface area contributed by atoms with Gasteiger partial charge in [-0.1, -0.05) is 16.8 Å². The third-order valence-corrected chi connectivity index (χ3v) is 10.7. The van der Waals surface area contributed by atoms with Gasteiger partial charge in [-0.05, 0) is 55.7 Å². The Hall–Kier alpha value is -3.42. The van der Waals surface area contributed by atoms with Crippen LogP contribution in [0.3, 0.4) is 0 Å². The fourth-order valence-electron chi connectivity index (χ4n) is 7.43. The summed E-state index contributed by atoms with van der Waals surface area (Å²) < 4.78 is 69.3. The van der Waals surface area contributed by atoms with Crippen molar-refractivity contribution in [3.05, 3.63) is 39.7 Å². The van der Waals surface area contributed by atoms with Gasteiger partial charge in [0.1, 0.15) is 23.7 Å². The van der Waals surface area contributed by atoms with E-state index in [0.29, 0.717) is 29.1 Å². The number of amides is 2. The highest BCUT2D eigenvalue weighted by Gasteiger charge is 2.57. The summed E-state index contributed by atoms with van der Waals surface area (Å²) in [6, 6.07) is 2.28. The van der Waals surface area contributed by atoms with Crippen LogP contribution in [0.5, 0.6) is 5.75 Å². The Morgan fingerprint density at radius 3 is 2.57 bits per heavy atom. The summed E-state index contributed by atoms with van der Waals surface area (Å²) in [5, 5.41) is 7.89. The second-order valence-corrected chi connectivity index (χ2v) is 13.7. The van der Waals surface area contributed by atoms with Crippen molar-refractivity contribution in [3.63, 3.8) is 0 Å². The van der Waals surface area contributed by atoms with Gasteiger partial charge in [-0.15, -0.1) is 5.10 Å². The van der Waals surface area contributed by atoms with Gasteiger partial charge in [-0.3, -0.25) is 14.4 Å². The van der Waals surface area contributed by atoms with Crippen molar-refractivity contribution in [1.82, 2.24) is 24.8 Å². The van der Waals surface area contributed by atoms with Crippen molar-refractivity contribution >= 4 is 29.4 Å². The van der Waals surface area contributed by atoms with Gasteiger partial charge in [0.15, 0.2) is 0 Å². The fourth-order valence-corrected chi connectivity index (χ4v) is 7.69. The van der Waals surface area contributed by atoms with Gasteiger partial charge in [0, 0.05) is 56.5 Å². The van der Waals surface area contributed by atoms with E-state index in [4.69, 9.17) is 21.1 Å². The van der Waals surface area contributed by atoms with E-state index in [-0.39, 0.29) is 55.3 Å². The van der Waals surface area contributed by atoms with Crippen LogP contribution >= 0.6 is 11.6 Å². The number of nitrogens with zero attached hydrogens (tertiary/aromatic N) is 5. The van der Waals surface area contributed by atoms with Gasteiger partial charge in [-0.2, -0.15) is 0 Å². The predicted octanol–water partition coefficient (Wildman–Crippen LogP) is 5.04. The highest BCUT2D eigenvalue weighted by Crippen LogP contribution is 2.54. The first-order chi connectivity index (χ1) is 21.7. The molecule has 3 heterocycles. The molecule has 0 N–H and O–H groups in total. The molecule has 0 bridgehead atoms. The number of esters is 1. The molecular formula is C31H36ClF4N5O5. The third kappa shape index (κ3) is 5.70. The number of benzene rings is 1. The number of hydrogen-bond acceptors (Lipinski definition) is 7. The standard InChI is InChI=1S/C31H36ClF4N5O5/c1-29(28(44)45-3)7-10-31(35,36)12-18(29)27(43)41-11-6-17-19(32)4-5-22(46-15-20-25(26(33)34)39(2)38-37-20)24(17)21(41)14-40-16-30(8-9-30)13-23(40)42/h4-5,18,21,26H,6-16H2,1-3H3/t18-,21+,29-/m0/s1. The molecule has 3 fully saturated rings. The van der Waals surface area contributed by atoms with Crippen LogP contribution in [0.4, 0.5) is 17.6 Å². The van der Waals surface area contributed by atoms with Crippen LogP contribution < -0.4 is 4.74 Å². The van der Waals surface area contributed by atoms with E-state index in [2.05, 4.69) is 10.3 Å². The zero-order valence-corrected chi connectivity index (χ0v) is 26.6. The summed E-state index contributed by atoms with van der Waals surface area (Å²) in [6.07, 6.45) is -2.04. The SMILES string of the molecule is COC(=O)[C@@]1(C)CCC(F)(F)C[C@H]1C(=O)N1CCc2c(Cl)ccc(OCc3nnn(C)c3C(F)F)c2[C@H]1CN1CC2(CC2)CC1=O. The lowest BCUT2D eigenvalue weighted by molar-refractivity contribution is -0.176. The van der Waals surface area contributed by atoms with Crippen LogP contribution in [0.2, 0.25) is 5.02 Å².